The number of amides is 1. The fraction of sp³-hybridized carbons (Fsp3) is 0.523. The van der Waals surface area contributed by atoms with E-state index in [1.165, 1.54) is 39.8 Å². The van der Waals surface area contributed by atoms with Crippen molar-refractivity contribution in [1.82, 2.24) is 5.32 Å². The van der Waals surface area contributed by atoms with Crippen LogP contribution >= 0.6 is 0 Å². The minimum atomic E-state index is -1.82. The topological polar surface area (TPSA) is 281 Å². The van der Waals surface area contributed by atoms with Crippen molar-refractivity contribution in [2.45, 2.75) is 186 Å². The van der Waals surface area contributed by atoms with Crippen LogP contribution in [0.25, 0.3) is 0 Å². The minimum Gasteiger partial charge on any atom is -0.463 e. The molecule has 23 heteroatoms. The first-order valence-electron chi connectivity index (χ1n) is 29.7. The molecule has 476 valence electrons. The maximum atomic E-state index is 14.5. The van der Waals surface area contributed by atoms with Gasteiger partial charge in [0.15, 0.2) is 43.5 Å². The third kappa shape index (κ3) is 16.9. The molecule has 0 aliphatic carbocycles. The predicted octanol–water partition coefficient (Wildman–Crippen LogP) is 6.59. The number of hydrogen-bond donors (Lipinski definition) is 2. The standard InChI is InChI=1S/C65H79NO22/c1-10-46-52(86-64-56(79-41(9)70)37(5)54(78-40(8)69)49(83-64)34-75-39(7)68)35(3)50(66-38(6)67)62(80-46)88-57-51(71)48(33-76-59(72)43-26-18-13-19-27-43)82-65(58(57)85-61(74)45-30-22-15-23-31-45)87-53-36(4)55(84-60(73)44-28-20-14-21-29-44)63(81-47(53)11-2)77-32-42-24-16-12-17-25-42/h12-31,35-37,46-58,62-65,71H,10-11,32-34H2,1-9H3,(H,66,67)/t35-,36+,37+,46?,47?,48?,49?,50?,51+,52+,53+,54-,55?,56?,57+,58?,62+,63-,64+,65+/m1/s1. The summed E-state index contributed by atoms with van der Waals surface area (Å²) in [5.41, 5.74) is 1.39. The molecule has 0 aromatic heterocycles. The van der Waals surface area contributed by atoms with Crippen LogP contribution in [0.4, 0.5) is 0 Å². The van der Waals surface area contributed by atoms with E-state index in [0.717, 1.165) is 5.56 Å². The van der Waals surface area contributed by atoms with Crippen molar-refractivity contribution >= 4 is 41.7 Å². The van der Waals surface area contributed by atoms with E-state index < -0.39 is 171 Å². The molecule has 4 heterocycles. The Morgan fingerprint density at radius 3 is 1.38 bits per heavy atom. The quantitative estimate of drug-likeness (QED) is 0.0585. The molecule has 2 N–H and O–H groups in total. The molecule has 0 bridgehead atoms. The molecule has 4 aliphatic heterocycles. The van der Waals surface area contributed by atoms with E-state index >= 15 is 0 Å². The summed E-state index contributed by atoms with van der Waals surface area (Å²) in [5, 5.41) is 15.7. The van der Waals surface area contributed by atoms with E-state index in [1.807, 2.05) is 37.3 Å². The van der Waals surface area contributed by atoms with Crippen LogP contribution in [0.5, 0.6) is 0 Å². The smallest absolute Gasteiger partial charge is 0.338 e. The largest absolute Gasteiger partial charge is 0.463 e. The Kier molecular flexibility index (Phi) is 23.8. The Bertz CT molecular complexity index is 2940. The van der Waals surface area contributed by atoms with E-state index in [2.05, 4.69) is 5.32 Å². The number of ether oxygens (including phenoxy) is 14. The molecule has 88 heavy (non-hydrogen) atoms. The van der Waals surface area contributed by atoms with Gasteiger partial charge in [0.25, 0.3) is 0 Å². The molecule has 0 radical (unpaired) electrons. The van der Waals surface area contributed by atoms with Crippen molar-refractivity contribution in [3.05, 3.63) is 144 Å². The van der Waals surface area contributed by atoms with Crippen molar-refractivity contribution in [1.29, 1.82) is 0 Å². The number of esters is 6. The van der Waals surface area contributed by atoms with Crippen molar-refractivity contribution in [2.75, 3.05) is 13.2 Å². The second kappa shape index (κ2) is 31.3. The number of aliphatic hydroxyl groups is 1. The number of nitrogens with one attached hydrogen (secondary N) is 1. The maximum absolute atomic E-state index is 14.5. The van der Waals surface area contributed by atoms with Gasteiger partial charge in [-0.25, -0.2) is 14.4 Å². The monoisotopic (exact) mass is 1230 g/mol. The number of carbonyl (C=O) groups excluding carboxylic acids is 7. The highest BCUT2D eigenvalue weighted by atomic mass is 16.8. The zero-order valence-corrected chi connectivity index (χ0v) is 50.6. The Hall–Kier alpha value is -7.19. The number of hydrogen-bond acceptors (Lipinski definition) is 22. The molecule has 0 saturated carbocycles. The van der Waals surface area contributed by atoms with E-state index in [0.29, 0.717) is 6.42 Å². The van der Waals surface area contributed by atoms with Gasteiger partial charge in [-0.2, -0.15) is 0 Å². The maximum Gasteiger partial charge on any atom is 0.338 e. The lowest BCUT2D eigenvalue weighted by atomic mass is 9.86. The van der Waals surface area contributed by atoms with Crippen LogP contribution in [0.2, 0.25) is 0 Å². The van der Waals surface area contributed by atoms with Gasteiger partial charge >= 0.3 is 35.8 Å². The molecule has 4 aromatic rings. The lowest BCUT2D eigenvalue weighted by Crippen LogP contribution is -2.67. The summed E-state index contributed by atoms with van der Waals surface area (Å²) in [6, 6.07) is 32.8. The van der Waals surface area contributed by atoms with Crippen LogP contribution in [0.15, 0.2) is 121 Å². The van der Waals surface area contributed by atoms with Crippen molar-refractivity contribution in [2.24, 2.45) is 17.8 Å². The lowest BCUT2D eigenvalue weighted by molar-refractivity contribution is -0.373. The van der Waals surface area contributed by atoms with Crippen LogP contribution in [0.3, 0.4) is 0 Å². The summed E-state index contributed by atoms with van der Waals surface area (Å²) in [6.45, 7) is 12.9. The summed E-state index contributed by atoms with van der Waals surface area (Å²) in [7, 11) is 0. The number of aliphatic hydroxyl groups excluding tert-OH is 1. The summed E-state index contributed by atoms with van der Waals surface area (Å²) in [6.07, 6.45) is -20.2. The average Bonchev–Trinajstić information content (AvgIpc) is 1.56. The van der Waals surface area contributed by atoms with E-state index in [-0.39, 0.29) is 36.3 Å². The summed E-state index contributed by atoms with van der Waals surface area (Å²) in [4.78, 5) is 92.7. The fourth-order valence-corrected chi connectivity index (χ4v) is 11.4. The third-order valence-corrected chi connectivity index (χ3v) is 15.9. The first kappa shape index (κ1) is 66.8. The Labute approximate surface area is 511 Å². The average molecular weight is 1230 g/mol. The minimum absolute atomic E-state index is 0.0920. The molecule has 0 spiro atoms. The highest BCUT2D eigenvalue weighted by Crippen LogP contribution is 2.41. The summed E-state index contributed by atoms with van der Waals surface area (Å²) < 4.78 is 89.0. The number of benzene rings is 4. The number of rotatable bonds is 23. The molecule has 1 amide bonds. The van der Waals surface area contributed by atoms with Crippen LogP contribution in [-0.2, 0) is 92.1 Å². The molecule has 4 aromatic carbocycles. The Morgan fingerprint density at radius 2 is 0.852 bits per heavy atom. The highest BCUT2D eigenvalue weighted by Gasteiger charge is 2.57. The number of carbonyl (C=O) groups is 7. The SMILES string of the molecule is CCC1O[C@@H](O[C@@H]2C(OC(=O)c3ccccc3)[C@H](O[C@@H]3C(CC)O[C@@H](OCc4ccccc4)C(OC(=O)c4ccccc4)[C@H]3C)OC(COC(=O)c3ccccc3)[C@@H]2O)C(NC(C)=O)[C@@H](C)[C@@H]1O[C@@H]1OC(COC(C)=O)[C@H](OC(C)=O)[C@H](C)C1OC(C)=O. The van der Waals surface area contributed by atoms with E-state index in [9.17, 15) is 38.7 Å². The van der Waals surface area contributed by atoms with Gasteiger partial charge in [-0.3, -0.25) is 19.2 Å². The first-order chi connectivity index (χ1) is 42.2. The normalized spacial score (nSPS) is 32.1. The lowest BCUT2D eigenvalue weighted by Gasteiger charge is -2.51. The van der Waals surface area contributed by atoms with Gasteiger partial charge in [-0.15, -0.1) is 0 Å². The van der Waals surface area contributed by atoms with E-state index in [1.54, 1.807) is 107 Å². The molecule has 8 unspecified atom stereocenters. The first-order valence-corrected chi connectivity index (χ1v) is 29.7. The molecular formula is C65H79NO22. The second-order valence-corrected chi connectivity index (χ2v) is 22.3. The fourth-order valence-electron chi connectivity index (χ4n) is 11.4. The van der Waals surface area contributed by atoms with Gasteiger partial charge in [0.1, 0.15) is 43.7 Å². The van der Waals surface area contributed by atoms with Crippen molar-refractivity contribution in [3.8, 4) is 0 Å². The molecule has 8 rings (SSSR count). The molecule has 23 nitrogen and oxygen atoms in total. The van der Waals surface area contributed by atoms with Crippen LogP contribution in [-0.4, -0.2) is 164 Å². The molecular weight excluding hydrogens is 1150 g/mol. The molecule has 4 saturated heterocycles. The van der Waals surface area contributed by atoms with Gasteiger partial charge in [0.05, 0.1) is 53.8 Å². The zero-order valence-electron chi connectivity index (χ0n) is 50.6. The van der Waals surface area contributed by atoms with Crippen molar-refractivity contribution in [3.63, 3.8) is 0 Å². The Morgan fingerprint density at radius 1 is 0.432 bits per heavy atom. The van der Waals surface area contributed by atoms with Gasteiger partial charge in [-0.05, 0) is 54.8 Å². The van der Waals surface area contributed by atoms with Crippen LogP contribution < -0.4 is 5.32 Å². The van der Waals surface area contributed by atoms with Gasteiger partial charge in [0.2, 0.25) is 5.91 Å². The predicted molar refractivity (Wildman–Crippen MR) is 308 cm³/mol. The molecule has 4 aliphatic rings. The zero-order chi connectivity index (χ0) is 63.2. The molecule has 20 atom stereocenters. The summed E-state index contributed by atoms with van der Waals surface area (Å²) >= 11 is 0. The molecule has 4 fully saturated rings. The van der Waals surface area contributed by atoms with Gasteiger partial charge < -0.3 is 76.7 Å². The third-order valence-electron chi connectivity index (χ3n) is 15.9. The Balaban J connectivity index is 1.16. The van der Waals surface area contributed by atoms with Gasteiger partial charge in [0, 0.05) is 45.4 Å². The van der Waals surface area contributed by atoms with Crippen molar-refractivity contribution < 1.29 is 105 Å². The van der Waals surface area contributed by atoms with Gasteiger partial charge in [-0.1, -0.05) is 120 Å². The highest BCUT2D eigenvalue weighted by molar-refractivity contribution is 5.90. The summed E-state index contributed by atoms with van der Waals surface area (Å²) in [5.74, 6) is -7.20. The van der Waals surface area contributed by atoms with Crippen LogP contribution in [0, 0.1) is 17.8 Å². The van der Waals surface area contributed by atoms with Crippen LogP contribution in [0.1, 0.15) is 112 Å². The van der Waals surface area contributed by atoms with E-state index in [4.69, 9.17) is 66.3 Å². The second-order valence-electron chi connectivity index (χ2n) is 22.3.